The van der Waals surface area contributed by atoms with Gasteiger partial charge in [0, 0.05) is 22.0 Å². The van der Waals surface area contributed by atoms with E-state index in [1.165, 1.54) is 54.1 Å². The molecule has 2 aliphatic rings. The van der Waals surface area contributed by atoms with Crippen LogP contribution in [0.4, 0.5) is 0 Å². The van der Waals surface area contributed by atoms with Crippen LogP contribution in [0.2, 0.25) is 10.2 Å². The van der Waals surface area contributed by atoms with E-state index in [2.05, 4.69) is 61.0 Å². The second kappa shape index (κ2) is 9.54. The normalized spacial score (nSPS) is 25.9. The monoisotopic (exact) mass is 470 g/mol. The van der Waals surface area contributed by atoms with Crippen LogP contribution in [-0.4, -0.2) is 4.98 Å². The lowest BCUT2D eigenvalue weighted by molar-refractivity contribution is 0.140. The molecule has 0 aliphatic heterocycles. The molecule has 0 amide bonds. The summed E-state index contributed by atoms with van der Waals surface area (Å²) in [4.78, 5) is 5.79. The van der Waals surface area contributed by atoms with Gasteiger partial charge in [-0.05, 0) is 79.2 Å². The molecular weight excluding hydrogens is 443 g/mol. The standard InChI is InChI=1S/C26H28Cl2N2S/c1-3-18(9-8-17(2)31-22-12-15-30-25(28)23(22)27)19-10-13-26(14-11-19)16-20-6-4-5-7-21(20)24(26)29/h3-9,12,15,19,24H,2,10-11,13-14,16,29H2,1H3/b9-8-,18-3+/t19?,24-,26?/m1/s1. The number of thioether (sulfide) groups is 1. The van der Waals surface area contributed by atoms with Crippen molar-refractivity contribution in [2.24, 2.45) is 17.1 Å². The van der Waals surface area contributed by atoms with E-state index in [1.54, 1.807) is 6.20 Å². The summed E-state index contributed by atoms with van der Waals surface area (Å²) in [6.45, 7) is 6.29. The van der Waals surface area contributed by atoms with Crippen LogP contribution < -0.4 is 5.73 Å². The molecule has 2 nitrogen and oxygen atoms in total. The van der Waals surface area contributed by atoms with Crippen molar-refractivity contribution >= 4 is 35.0 Å². The number of halogens is 2. The Morgan fingerprint density at radius 2 is 1.94 bits per heavy atom. The highest BCUT2D eigenvalue weighted by Crippen LogP contribution is 2.54. The first-order chi connectivity index (χ1) is 14.9. The molecule has 2 aliphatic carbocycles. The van der Waals surface area contributed by atoms with Crippen molar-refractivity contribution in [1.82, 2.24) is 4.98 Å². The van der Waals surface area contributed by atoms with Gasteiger partial charge in [-0.3, -0.25) is 0 Å². The van der Waals surface area contributed by atoms with E-state index < -0.39 is 0 Å². The van der Waals surface area contributed by atoms with Gasteiger partial charge < -0.3 is 5.73 Å². The Morgan fingerprint density at radius 1 is 1.19 bits per heavy atom. The van der Waals surface area contributed by atoms with Crippen LogP contribution in [0.25, 0.3) is 0 Å². The van der Waals surface area contributed by atoms with Gasteiger partial charge in [-0.2, -0.15) is 0 Å². The Labute approximate surface area is 199 Å². The predicted molar refractivity (Wildman–Crippen MR) is 134 cm³/mol. The molecular formula is C26H28Cl2N2S. The highest BCUT2D eigenvalue weighted by atomic mass is 35.5. The first-order valence-corrected chi connectivity index (χ1v) is 12.4. The average Bonchev–Trinajstić information content (AvgIpc) is 3.04. The van der Waals surface area contributed by atoms with Crippen molar-refractivity contribution in [2.75, 3.05) is 0 Å². The van der Waals surface area contributed by atoms with Gasteiger partial charge in [0.05, 0.1) is 5.02 Å². The van der Waals surface area contributed by atoms with Crippen molar-refractivity contribution in [3.05, 3.63) is 93.1 Å². The van der Waals surface area contributed by atoms with Gasteiger partial charge in [0.1, 0.15) is 5.15 Å². The maximum atomic E-state index is 6.74. The molecule has 162 valence electrons. The van der Waals surface area contributed by atoms with Crippen LogP contribution in [0.5, 0.6) is 0 Å². The van der Waals surface area contributed by atoms with Crippen molar-refractivity contribution in [3.8, 4) is 0 Å². The molecule has 31 heavy (non-hydrogen) atoms. The number of aromatic nitrogens is 1. The molecule has 0 radical (unpaired) electrons. The van der Waals surface area contributed by atoms with Gasteiger partial charge in [0.25, 0.3) is 0 Å². The molecule has 0 unspecified atom stereocenters. The zero-order valence-corrected chi connectivity index (χ0v) is 20.1. The van der Waals surface area contributed by atoms with Gasteiger partial charge in [0.2, 0.25) is 0 Å². The summed E-state index contributed by atoms with van der Waals surface area (Å²) in [7, 11) is 0. The van der Waals surface area contributed by atoms with E-state index in [4.69, 9.17) is 28.9 Å². The molecule has 1 aromatic heterocycles. The summed E-state index contributed by atoms with van der Waals surface area (Å²) in [5, 5.41) is 0.794. The zero-order valence-electron chi connectivity index (χ0n) is 17.8. The average molecular weight is 471 g/mol. The Kier molecular flexibility index (Phi) is 6.98. The van der Waals surface area contributed by atoms with E-state index in [0.717, 1.165) is 16.2 Å². The lowest BCUT2D eigenvalue weighted by atomic mass is 9.65. The third-order valence-electron chi connectivity index (χ3n) is 6.89. The second-order valence-electron chi connectivity index (χ2n) is 8.59. The van der Waals surface area contributed by atoms with Crippen molar-refractivity contribution in [1.29, 1.82) is 0 Å². The fourth-order valence-electron chi connectivity index (χ4n) is 5.14. The molecule has 0 saturated heterocycles. The summed E-state index contributed by atoms with van der Waals surface area (Å²) >= 11 is 13.8. The molecule has 1 spiro atoms. The van der Waals surface area contributed by atoms with Gasteiger partial charge in [0.15, 0.2) is 0 Å². The molecule has 2 aromatic rings. The van der Waals surface area contributed by atoms with E-state index >= 15 is 0 Å². The molecule has 1 aromatic carbocycles. The van der Waals surface area contributed by atoms with Crippen LogP contribution >= 0.6 is 35.0 Å². The van der Waals surface area contributed by atoms with Crippen molar-refractivity contribution in [2.45, 2.75) is 50.0 Å². The number of hydrogen-bond donors (Lipinski definition) is 1. The molecule has 4 rings (SSSR count). The smallest absolute Gasteiger partial charge is 0.148 e. The first kappa shape index (κ1) is 22.7. The Hall–Kier alpha value is -1.52. The summed E-state index contributed by atoms with van der Waals surface area (Å²) < 4.78 is 0. The van der Waals surface area contributed by atoms with E-state index in [-0.39, 0.29) is 11.5 Å². The molecule has 0 bridgehead atoms. The predicted octanol–water partition coefficient (Wildman–Crippen LogP) is 7.93. The molecule has 1 heterocycles. The highest BCUT2D eigenvalue weighted by molar-refractivity contribution is 8.03. The Morgan fingerprint density at radius 3 is 2.65 bits per heavy atom. The number of benzene rings is 1. The number of nitrogens with zero attached hydrogens (tertiary/aromatic N) is 1. The van der Waals surface area contributed by atoms with Gasteiger partial charge in [-0.1, -0.05) is 78.0 Å². The maximum Gasteiger partial charge on any atom is 0.148 e. The second-order valence-corrected chi connectivity index (χ2v) is 10.5. The third-order valence-corrected chi connectivity index (χ3v) is 8.73. The van der Waals surface area contributed by atoms with Gasteiger partial charge in [-0.25, -0.2) is 4.98 Å². The van der Waals surface area contributed by atoms with Crippen molar-refractivity contribution < 1.29 is 0 Å². The summed E-state index contributed by atoms with van der Waals surface area (Å²) in [6, 6.07) is 10.7. The van der Waals surface area contributed by atoms with Gasteiger partial charge in [-0.15, -0.1) is 0 Å². The minimum atomic E-state index is 0.169. The first-order valence-electron chi connectivity index (χ1n) is 10.8. The molecule has 1 saturated carbocycles. The van der Waals surface area contributed by atoms with E-state index in [0.29, 0.717) is 16.1 Å². The molecule has 5 heteroatoms. The lowest BCUT2D eigenvalue weighted by Gasteiger charge is -2.41. The largest absolute Gasteiger partial charge is 0.323 e. The summed E-state index contributed by atoms with van der Waals surface area (Å²) in [5.41, 5.74) is 11.2. The van der Waals surface area contributed by atoms with Crippen LogP contribution in [0, 0.1) is 11.3 Å². The topological polar surface area (TPSA) is 38.9 Å². The third kappa shape index (κ3) is 4.66. The Bertz CT molecular complexity index is 1040. The fourth-order valence-corrected chi connectivity index (χ4v) is 6.32. The minimum Gasteiger partial charge on any atom is -0.323 e. The highest BCUT2D eigenvalue weighted by Gasteiger charge is 2.46. The van der Waals surface area contributed by atoms with Crippen LogP contribution in [0.15, 0.2) is 76.7 Å². The van der Waals surface area contributed by atoms with Gasteiger partial charge >= 0.3 is 0 Å². The molecule has 2 N–H and O–H groups in total. The number of hydrogen-bond acceptors (Lipinski definition) is 3. The van der Waals surface area contributed by atoms with Crippen LogP contribution in [0.3, 0.4) is 0 Å². The number of pyridine rings is 1. The van der Waals surface area contributed by atoms with Crippen LogP contribution in [-0.2, 0) is 6.42 Å². The summed E-state index contributed by atoms with van der Waals surface area (Å²) in [6.07, 6.45) is 14.0. The van der Waals surface area contributed by atoms with Crippen LogP contribution in [0.1, 0.15) is 49.8 Å². The Balaban J connectivity index is 1.38. The fraction of sp³-hybridized carbons (Fsp3) is 0.346. The van der Waals surface area contributed by atoms with E-state index in [9.17, 15) is 0 Å². The number of nitrogens with two attached hydrogens (primary N) is 1. The number of rotatable bonds is 5. The van der Waals surface area contributed by atoms with E-state index in [1.807, 2.05) is 6.07 Å². The maximum absolute atomic E-state index is 6.74. The SMILES string of the molecule is C=C(/C=C\C(=C/C)C1CCC2(CC1)Cc1ccccc1[C@H]2N)Sc1ccnc(Cl)c1Cl. The van der Waals surface area contributed by atoms with Crippen molar-refractivity contribution in [3.63, 3.8) is 0 Å². The lowest BCUT2D eigenvalue weighted by Crippen LogP contribution is -2.35. The minimum absolute atomic E-state index is 0.169. The zero-order chi connectivity index (χ0) is 22.0. The molecule has 1 fully saturated rings. The summed E-state index contributed by atoms with van der Waals surface area (Å²) in [5.74, 6) is 0.569. The number of allylic oxidation sites excluding steroid dienone is 4. The molecule has 1 atom stereocenters. The number of fused-ring (bicyclic) bond motifs is 1. The quantitative estimate of drug-likeness (QED) is 0.273.